The molecule has 2 atom stereocenters. The fourth-order valence-corrected chi connectivity index (χ4v) is 15.8. The number of rotatable bonds is 14. The third kappa shape index (κ3) is 21.4. The highest BCUT2D eigenvalue weighted by Crippen LogP contribution is 2.38. The molecule has 0 aliphatic carbocycles. The first-order valence-electron chi connectivity index (χ1n) is 35.1. The van der Waals surface area contributed by atoms with Gasteiger partial charge in [0.15, 0.2) is 0 Å². The number of carbonyl (C=O) groups is 4. The van der Waals surface area contributed by atoms with Crippen LogP contribution >= 0.6 is 34.8 Å². The fraction of sp³-hybridized carbons (Fsp3) is 0.387. The number of hydrogen-bond acceptors (Lipinski definition) is 21. The lowest BCUT2D eigenvalue weighted by atomic mass is 9.92. The van der Waals surface area contributed by atoms with Crippen LogP contribution in [0.4, 0.5) is 32.0 Å². The van der Waals surface area contributed by atoms with Gasteiger partial charge >= 0.3 is 17.6 Å². The number of likely N-dealkylation sites (tertiary alicyclic amines) is 3. The Labute approximate surface area is 636 Å². The molecule has 4 aliphatic rings. The summed E-state index contributed by atoms with van der Waals surface area (Å²) < 4.78 is 71.8. The van der Waals surface area contributed by atoms with Gasteiger partial charge in [0.1, 0.15) is 17.0 Å². The van der Waals surface area contributed by atoms with Crippen LogP contribution in [0.3, 0.4) is 0 Å². The van der Waals surface area contributed by atoms with Gasteiger partial charge in [-0.3, -0.25) is 14.9 Å². The van der Waals surface area contributed by atoms with Gasteiger partial charge in [-0.15, -0.1) is 0 Å². The smallest absolute Gasteiger partial charge is 0.410 e. The van der Waals surface area contributed by atoms with Crippen LogP contribution in [0.25, 0.3) is 44.3 Å². The van der Waals surface area contributed by atoms with E-state index in [0.717, 1.165) is 82.9 Å². The van der Waals surface area contributed by atoms with Crippen molar-refractivity contribution in [3.63, 3.8) is 0 Å². The van der Waals surface area contributed by atoms with Crippen LogP contribution in [0, 0.1) is 16.0 Å². The summed E-state index contributed by atoms with van der Waals surface area (Å²) >= 11 is 18.0. The standard InChI is InChI=1S/C35H41ClN6O5S.C23H22ClN5O2S.C10H20N2O2.C7H4ClNO4/c1-35(2,3)47-34(44)40-18-15-24(16-19-40)20-31(43)41-17-9-10-25(22-41)38-33-37-21-29(36)32(39-33)28-23-42(30-14-8-7-13-27(28)30)48(45,46)26-11-5-4-6-12-26;24-20-14-26-23(27-16-7-6-12-25-13-16)28-22(20)19-15-29(21-11-5-4-10-18(19)21)32(30,31)17-8-2-1-3-9-17;1-10(2,3)14-9(13)12-6-4-8(11)5-7-12;8-7(10)13-6-3-1-5(2-4-6)9(11)12/h4-8,11-14,21,23-25H,9-10,15-20,22H2,1-3H3,(H,37,38,39);1-5,8-11,14-16,25H,6-7,12-13H2,(H,26,27,28);8H,4-7,11H2,1-3H3;1-4H/t25-;16-;;/m11../s1. The zero-order chi connectivity index (χ0) is 76.8. The van der Waals surface area contributed by atoms with Crippen molar-refractivity contribution < 1.29 is 55.1 Å². The van der Waals surface area contributed by atoms with Crippen molar-refractivity contribution in [3.8, 4) is 28.3 Å². The Kier molecular flexibility index (Phi) is 26.6. The summed E-state index contributed by atoms with van der Waals surface area (Å²) in [5, 5.41) is 22.4. The van der Waals surface area contributed by atoms with E-state index in [1.54, 1.807) is 107 Å². The van der Waals surface area contributed by atoms with Gasteiger partial charge < -0.3 is 50.6 Å². The van der Waals surface area contributed by atoms with Crippen LogP contribution < -0.4 is 26.4 Å². The molecule has 0 unspecified atom stereocenters. The predicted octanol–water partition coefficient (Wildman–Crippen LogP) is 14.3. The highest BCUT2D eigenvalue weighted by Gasteiger charge is 2.33. The van der Waals surface area contributed by atoms with Crippen LogP contribution in [0.1, 0.15) is 99.3 Å². The van der Waals surface area contributed by atoms with Crippen LogP contribution in [0.2, 0.25) is 10.0 Å². The Morgan fingerprint density at radius 1 is 0.598 bits per heavy atom. The van der Waals surface area contributed by atoms with Gasteiger partial charge in [0.2, 0.25) is 17.8 Å². The summed E-state index contributed by atoms with van der Waals surface area (Å²) in [4.78, 5) is 81.2. The second kappa shape index (κ2) is 35.5. The van der Waals surface area contributed by atoms with Gasteiger partial charge in [0, 0.05) is 128 Å². The first-order chi connectivity index (χ1) is 50.9. The van der Waals surface area contributed by atoms with E-state index >= 15 is 0 Å². The molecule has 8 heterocycles. The highest BCUT2D eigenvalue weighted by molar-refractivity contribution is 7.90. The number of para-hydroxylation sites is 2. The molecule has 4 fully saturated rings. The Morgan fingerprint density at radius 3 is 1.50 bits per heavy atom. The summed E-state index contributed by atoms with van der Waals surface area (Å²) in [5.41, 5.74) is 6.93. The first-order valence-corrected chi connectivity index (χ1v) is 39.1. The number of ether oxygens (including phenoxy) is 3. The minimum absolute atomic E-state index is 0.0643. The van der Waals surface area contributed by atoms with E-state index in [9.17, 15) is 46.1 Å². The number of amides is 3. The first kappa shape index (κ1) is 80.1. The lowest BCUT2D eigenvalue weighted by molar-refractivity contribution is -0.384. The van der Waals surface area contributed by atoms with E-state index in [1.807, 2.05) is 76.8 Å². The molecule has 5 N–H and O–H groups in total. The third-order valence-electron chi connectivity index (χ3n) is 17.9. The molecular formula is C75H87Cl3N14O13S2. The van der Waals surface area contributed by atoms with E-state index in [2.05, 4.69) is 35.6 Å². The molecule has 0 bridgehead atoms. The van der Waals surface area contributed by atoms with Gasteiger partial charge in [-0.05, 0) is 154 Å². The number of aromatic nitrogens is 6. The number of nitrogens with one attached hydrogen (secondary N) is 3. The average Bonchev–Trinajstić information content (AvgIpc) is 1.61. The maximum atomic E-state index is 13.6. The second-order valence-corrected chi connectivity index (χ2v) is 32.9. The Hall–Kier alpha value is -9.49. The maximum Gasteiger partial charge on any atom is 0.410 e. The highest BCUT2D eigenvalue weighted by atomic mass is 35.5. The molecule has 9 aromatic rings. The van der Waals surface area contributed by atoms with E-state index < -0.39 is 41.6 Å². The van der Waals surface area contributed by atoms with Gasteiger partial charge in [0.05, 0.1) is 59.6 Å². The summed E-state index contributed by atoms with van der Waals surface area (Å²) in [6.45, 7) is 16.9. The van der Waals surface area contributed by atoms with Crippen LogP contribution in [-0.4, -0.2) is 170 Å². The Morgan fingerprint density at radius 2 is 1.05 bits per heavy atom. The number of benzene rings is 5. The minimum Gasteiger partial charge on any atom is -0.444 e. The monoisotopic (exact) mass is 1560 g/mol. The number of halogens is 3. The van der Waals surface area contributed by atoms with E-state index in [0.29, 0.717) is 93.5 Å². The normalized spacial score (nSPS) is 16.7. The number of nitrogens with zero attached hydrogens (tertiary/aromatic N) is 10. The zero-order valence-electron chi connectivity index (χ0n) is 60.1. The third-order valence-corrected chi connectivity index (χ3v) is 21.9. The van der Waals surface area contributed by atoms with E-state index in [-0.39, 0.29) is 63.4 Å². The number of fused-ring (bicyclic) bond motifs is 2. The van der Waals surface area contributed by atoms with Gasteiger partial charge in [0.25, 0.3) is 25.7 Å². The molecule has 0 radical (unpaired) electrons. The van der Waals surface area contributed by atoms with Crippen molar-refractivity contribution in [2.75, 3.05) is 63.0 Å². The second-order valence-electron chi connectivity index (χ2n) is 28.1. The predicted molar refractivity (Wildman–Crippen MR) is 412 cm³/mol. The molecule has 13 rings (SSSR count). The molecular weight excluding hydrogens is 1480 g/mol. The van der Waals surface area contributed by atoms with Crippen molar-refractivity contribution in [1.82, 2.24) is 47.9 Å². The molecule has 0 saturated carbocycles. The topological polar surface area (TPSA) is 341 Å². The fourth-order valence-electron chi connectivity index (χ4n) is 12.6. The molecule has 4 aliphatic heterocycles. The van der Waals surface area contributed by atoms with Crippen molar-refractivity contribution in [2.45, 2.75) is 138 Å². The minimum atomic E-state index is -3.88. The number of nitro groups is 1. The van der Waals surface area contributed by atoms with E-state index in [4.69, 9.17) is 55.0 Å². The lowest BCUT2D eigenvalue weighted by Gasteiger charge is -2.36. The molecule has 0 spiro atoms. The Balaban J connectivity index is 0.000000176. The number of piperidine rings is 4. The summed E-state index contributed by atoms with van der Waals surface area (Å²) in [6, 6.07) is 36.7. The average molecular weight is 1560 g/mol. The zero-order valence-corrected chi connectivity index (χ0v) is 64.0. The number of non-ortho nitro benzene ring substituents is 1. The maximum absolute atomic E-state index is 13.6. The van der Waals surface area contributed by atoms with E-state index in [1.165, 1.54) is 38.4 Å². The molecule has 4 aromatic heterocycles. The largest absolute Gasteiger partial charge is 0.444 e. The van der Waals surface area contributed by atoms with Crippen molar-refractivity contribution in [3.05, 3.63) is 178 Å². The summed E-state index contributed by atoms with van der Waals surface area (Å²) in [7, 11) is -7.67. The lowest BCUT2D eigenvalue weighted by Crippen LogP contribution is -2.46. The van der Waals surface area contributed by atoms with Crippen molar-refractivity contribution >= 4 is 118 Å². The summed E-state index contributed by atoms with van der Waals surface area (Å²) in [6.07, 6.45) is 13.2. The number of nitro benzene ring substituents is 1. The molecule has 27 nitrogen and oxygen atoms in total. The molecule has 32 heteroatoms. The molecule has 5 aromatic carbocycles. The summed E-state index contributed by atoms with van der Waals surface area (Å²) in [5.74, 6) is 1.33. The molecule has 107 heavy (non-hydrogen) atoms. The van der Waals surface area contributed by atoms with Crippen molar-refractivity contribution in [1.29, 1.82) is 0 Å². The molecule has 4 saturated heterocycles. The van der Waals surface area contributed by atoms with Crippen LogP contribution in [-0.2, 0) is 34.3 Å². The van der Waals surface area contributed by atoms with Gasteiger partial charge in [-0.25, -0.2) is 59.1 Å². The van der Waals surface area contributed by atoms with Gasteiger partial charge in [-0.2, -0.15) is 0 Å². The number of nitrogens with two attached hydrogens (primary N) is 1. The number of carbonyl (C=O) groups excluding carboxylic acids is 4. The number of anilines is 2. The van der Waals surface area contributed by atoms with Gasteiger partial charge in [-0.1, -0.05) is 96.0 Å². The van der Waals surface area contributed by atoms with Crippen LogP contribution in [0.5, 0.6) is 5.75 Å². The van der Waals surface area contributed by atoms with Crippen molar-refractivity contribution in [2.24, 2.45) is 11.7 Å². The Bertz CT molecular complexity index is 4830. The quantitative estimate of drug-likeness (QED) is 0.0446. The molecule has 568 valence electrons. The SMILES string of the molecule is CC(C)(C)OC(=O)N1CCC(CC(=O)N2CCC[C@@H](Nc3ncc(Cl)c(-c4cn(S(=O)(=O)c5ccccc5)c5ccccc45)n3)C2)CC1.CC(C)(C)OC(=O)N1CCC(N)CC1.O=C(Cl)Oc1ccc([N+](=O)[O-])cc1.O=S(=O)(c1ccccc1)n1cc(-c2nc(N[C@@H]3CCCNC3)ncc2Cl)c2ccccc21. The van der Waals surface area contributed by atoms with Crippen LogP contribution in [0.15, 0.2) is 168 Å². The molecule has 3 amide bonds. The number of hydrogen-bond donors (Lipinski definition) is 4.